The van der Waals surface area contributed by atoms with Crippen LogP contribution in [0.1, 0.15) is 15.9 Å². The van der Waals surface area contributed by atoms with Crippen LogP contribution in [0.15, 0.2) is 46.9 Å². The minimum Gasteiger partial charge on any atom is -0.496 e. The van der Waals surface area contributed by atoms with Gasteiger partial charge in [0.15, 0.2) is 0 Å². The predicted molar refractivity (Wildman–Crippen MR) is 85.0 cm³/mol. The average Bonchev–Trinajstić information content (AvgIpc) is 2.52. The van der Waals surface area contributed by atoms with Crippen LogP contribution in [0.25, 0.3) is 0 Å². The van der Waals surface area contributed by atoms with Crippen molar-refractivity contribution in [1.29, 1.82) is 0 Å². The highest BCUT2D eigenvalue weighted by atomic mass is 79.9. The van der Waals surface area contributed by atoms with E-state index in [9.17, 15) is 14.9 Å². The largest absolute Gasteiger partial charge is 0.496 e. The van der Waals surface area contributed by atoms with Crippen LogP contribution in [0.3, 0.4) is 0 Å². The fraction of sp³-hybridized carbons (Fsp3) is 0.133. The maximum atomic E-state index is 12.1. The van der Waals surface area contributed by atoms with E-state index < -0.39 is 4.92 Å². The number of nitrogens with one attached hydrogen (secondary N) is 1. The summed E-state index contributed by atoms with van der Waals surface area (Å²) in [5.41, 5.74) is 0.874. The number of hydrogen-bond acceptors (Lipinski definition) is 4. The van der Waals surface area contributed by atoms with Gasteiger partial charge in [0.05, 0.1) is 16.5 Å². The summed E-state index contributed by atoms with van der Waals surface area (Å²) >= 11 is 3.31. The number of para-hydroxylation sites is 1. The zero-order valence-corrected chi connectivity index (χ0v) is 13.3. The van der Waals surface area contributed by atoms with Crippen molar-refractivity contribution in [2.45, 2.75) is 6.54 Å². The predicted octanol–water partition coefficient (Wildman–Crippen LogP) is 3.30. The van der Waals surface area contributed by atoms with Crippen LogP contribution in [-0.4, -0.2) is 17.9 Å². The molecular formula is C15H13BrN2O4. The third kappa shape index (κ3) is 3.62. The molecule has 1 amide bonds. The summed E-state index contributed by atoms with van der Waals surface area (Å²) in [7, 11) is 1.54. The maximum absolute atomic E-state index is 12.1. The number of halogens is 1. The van der Waals surface area contributed by atoms with Crippen LogP contribution in [0.4, 0.5) is 5.69 Å². The van der Waals surface area contributed by atoms with E-state index in [4.69, 9.17) is 4.74 Å². The molecule has 114 valence electrons. The summed E-state index contributed by atoms with van der Waals surface area (Å²) in [6.45, 7) is 0.0830. The fourth-order valence-electron chi connectivity index (χ4n) is 1.92. The molecule has 0 aliphatic heterocycles. The molecule has 0 heterocycles. The minimum absolute atomic E-state index is 0.0151. The van der Waals surface area contributed by atoms with Gasteiger partial charge in [-0.25, -0.2) is 0 Å². The van der Waals surface area contributed by atoms with Crippen LogP contribution >= 0.6 is 15.9 Å². The Hall–Kier alpha value is -2.41. The van der Waals surface area contributed by atoms with Gasteiger partial charge in [0, 0.05) is 23.7 Å². The fourth-order valence-corrected chi connectivity index (χ4v) is 2.46. The summed E-state index contributed by atoms with van der Waals surface area (Å²) < 4.78 is 5.76. The lowest BCUT2D eigenvalue weighted by Gasteiger charge is -2.08. The molecule has 0 saturated heterocycles. The molecule has 0 saturated carbocycles. The van der Waals surface area contributed by atoms with Crippen molar-refractivity contribution in [3.63, 3.8) is 0 Å². The van der Waals surface area contributed by atoms with Crippen molar-refractivity contribution in [3.05, 3.63) is 68.2 Å². The molecule has 0 atom stereocenters. The lowest BCUT2D eigenvalue weighted by molar-refractivity contribution is -0.385. The second-order valence-electron chi connectivity index (χ2n) is 4.42. The number of hydrogen-bond donors (Lipinski definition) is 1. The van der Waals surface area contributed by atoms with E-state index in [-0.39, 0.29) is 18.1 Å². The van der Waals surface area contributed by atoms with Gasteiger partial charge in [0.25, 0.3) is 11.6 Å². The number of benzene rings is 2. The molecule has 6 nitrogen and oxygen atoms in total. The summed E-state index contributed by atoms with van der Waals surface area (Å²) in [4.78, 5) is 22.6. The number of rotatable bonds is 5. The molecule has 22 heavy (non-hydrogen) atoms. The van der Waals surface area contributed by atoms with Gasteiger partial charge in [-0.05, 0) is 34.1 Å². The number of nitrogens with zero attached hydrogens (tertiary/aromatic N) is 1. The van der Waals surface area contributed by atoms with Gasteiger partial charge in [-0.3, -0.25) is 14.9 Å². The Kier molecular flexibility index (Phi) is 5.11. The standard InChI is InChI=1S/C15H13BrN2O4/c1-22-14-7-6-10(8-12(14)16)15(19)17-9-11-4-2-3-5-13(11)18(20)21/h2-8H,9H2,1H3,(H,17,19). The number of amides is 1. The lowest BCUT2D eigenvalue weighted by atomic mass is 10.1. The second kappa shape index (κ2) is 7.04. The summed E-state index contributed by atoms with van der Waals surface area (Å²) in [5.74, 6) is 0.303. The van der Waals surface area contributed by atoms with Gasteiger partial charge >= 0.3 is 0 Å². The molecule has 0 fully saturated rings. The maximum Gasteiger partial charge on any atom is 0.274 e. The molecule has 0 bridgehead atoms. The van der Waals surface area contributed by atoms with Crippen LogP contribution in [0.5, 0.6) is 5.75 Å². The average molecular weight is 365 g/mol. The molecule has 2 aromatic carbocycles. The normalized spacial score (nSPS) is 10.1. The molecule has 0 spiro atoms. The Labute approximate surface area is 135 Å². The zero-order valence-electron chi connectivity index (χ0n) is 11.7. The van der Waals surface area contributed by atoms with Crippen molar-refractivity contribution in [3.8, 4) is 5.75 Å². The monoisotopic (exact) mass is 364 g/mol. The molecule has 2 rings (SSSR count). The Balaban J connectivity index is 2.10. The van der Waals surface area contributed by atoms with E-state index in [1.54, 1.807) is 36.4 Å². The Morgan fingerprint density at radius 3 is 2.68 bits per heavy atom. The molecule has 2 aromatic rings. The Morgan fingerprint density at radius 1 is 1.32 bits per heavy atom. The van der Waals surface area contributed by atoms with Crippen molar-refractivity contribution < 1.29 is 14.5 Å². The molecule has 7 heteroatoms. The molecular weight excluding hydrogens is 352 g/mol. The third-order valence-corrected chi connectivity index (χ3v) is 3.66. The van der Waals surface area contributed by atoms with E-state index in [1.807, 2.05) is 0 Å². The van der Waals surface area contributed by atoms with E-state index in [0.717, 1.165) is 0 Å². The number of nitro benzene ring substituents is 1. The van der Waals surface area contributed by atoms with Crippen molar-refractivity contribution in [2.24, 2.45) is 0 Å². The van der Waals surface area contributed by atoms with Crippen LogP contribution in [0.2, 0.25) is 0 Å². The number of carbonyl (C=O) groups excluding carboxylic acids is 1. The second-order valence-corrected chi connectivity index (χ2v) is 5.27. The van der Waals surface area contributed by atoms with Gasteiger partial charge in [0.2, 0.25) is 0 Å². The van der Waals surface area contributed by atoms with Gasteiger partial charge < -0.3 is 10.1 Å². The van der Waals surface area contributed by atoms with Gasteiger partial charge in [-0.1, -0.05) is 18.2 Å². The molecule has 1 N–H and O–H groups in total. The quantitative estimate of drug-likeness (QED) is 0.651. The topological polar surface area (TPSA) is 81.5 Å². The van der Waals surface area contributed by atoms with Gasteiger partial charge in [-0.15, -0.1) is 0 Å². The van der Waals surface area contributed by atoms with E-state index in [2.05, 4.69) is 21.2 Å². The molecule has 0 unspecified atom stereocenters. The van der Waals surface area contributed by atoms with Crippen LogP contribution in [0, 0.1) is 10.1 Å². The van der Waals surface area contributed by atoms with Gasteiger partial charge in [-0.2, -0.15) is 0 Å². The summed E-state index contributed by atoms with van der Waals surface area (Å²) in [6, 6.07) is 11.2. The van der Waals surface area contributed by atoms with Crippen molar-refractivity contribution >= 4 is 27.5 Å². The Morgan fingerprint density at radius 2 is 2.05 bits per heavy atom. The first kappa shape index (κ1) is 16.0. The van der Waals surface area contributed by atoms with Crippen molar-refractivity contribution in [2.75, 3.05) is 7.11 Å². The highest BCUT2D eigenvalue weighted by Crippen LogP contribution is 2.25. The zero-order chi connectivity index (χ0) is 16.1. The lowest BCUT2D eigenvalue weighted by Crippen LogP contribution is -2.23. The molecule has 0 aliphatic carbocycles. The van der Waals surface area contributed by atoms with Crippen LogP contribution < -0.4 is 10.1 Å². The minimum atomic E-state index is -0.467. The number of nitro groups is 1. The Bertz CT molecular complexity index is 718. The van der Waals surface area contributed by atoms with Crippen LogP contribution in [-0.2, 0) is 6.54 Å². The first-order chi connectivity index (χ1) is 10.5. The molecule has 0 aromatic heterocycles. The third-order valence-electron chi connectivity index (χ3n) is 3.04. The smallest absolute Gasteiger partial charge is 0.274 e. The molecule has 0 aliphatic rings. The molecule has 0 radical (unpaired) electrons. The van der Waals surface area contributed by atoms with E-state index in [1.165, 1.54) is 13.2 Å². The van der Waals surface area contributed by atoms with Gasteiger partial charge in [0.1, 0.15) is 5.75 Å². The van der Waals surface area contributed by atoms with Crippen molar-refractivity contribution in [1.82, 2.24) is 5.32 Å². The first-order valence-electron chi connectivity index (χ1n) is 6.37. The highest BCUT2D eigenvalue weighted by Gasteiger charge is 2.14. The summed E-state index contributed by atoms with van der Waals surface area (Å²) in [5, 5.41) is 13.6. The number of carbonyl (C=O) groups is 1. The number of ether oxygens (including phenoxy) is 1. The highest BCUT2D eigenvalue weighted by molar-refractivity contribution is 9.10. The van der Waals surface area contributed by atoms with E-state index in [0.29, 0.717) is 21.3 Å². The summed E-state index contributed by atoms with van der Waals surface area (Å²) in [6.07, 6.45) is 0. The number of methoxy groups -OCH3 is 1. The SMILES string of the molecule is COc1ccc(C(=O)NCc2ccccc2[N+](=O)[O-])cc1Br. The van der Waals surface area contributed by atoms with E-state index >= 15 is 0 Å². The first-order valence-corrected chi connectivity index (χ1v) is 7.16.